The summed E-state index contributed by atoms with van der Waals surface area (Å²) in [6.07, 6.45) is 0. The van der Waals surface area contributed by atoms with Crippen molar-refractivity contribution in [1.82, 2.24) is 0 Å². The van der Waals surface area contributed by atoms with Gasteiger partial charge in [0.2, 0.25) is 0 Å². The Labute approximate surface area is 353 Å². The van der Waals surface area contributed by atoms with Crippen LogP contribution in [0.1, 0.15) is 0 Å². The number of para-hydroxylation sites is 3. The molecule has 0 spiro atoms. The summed E-state index contributed by atoms with van der Waals surface area (Å²) < 4.78 is 13.4. The second kappa shape index (κ2) is 14.3. The molecule has 0 aliphatic rings. The van der Waals surface area contributed by atoms with E-state index in [1.165, 1.54) is 10.8 Å². The van der Waals surface area contributed by atoms with E-state index in [0.717, 1.165) is 105 Å². The van der Waals surface area contributed by atoms with E-state index in [4.69, 9.17) is 8.83 Å². The topological polar surface area (TPSA) is 29.5 Å². The second-order valence-corrected chi connectivity index (χ2v) is 15.6. The maximum Gasteiger partial charge on any atom is 0.143 e. The van der Waals surface area contributed by atoms with Gasteiger partial charge < -0.3 is 13.7 Å². The lowest BCUT2D eigenvalue weighted by Gasteiger charge is -2.27. The molecule has 0 bridgehead atoms. The lowest BCUT2D eigenvalue weighted by atomic mass is 9.99. The van der Waals surface area contributed by atoms with Gasteiger partial charge in [0, 0.05) is 55.0 Å². The molecule has 0 unspecified atom stereocenters. The molecule has 0 saturated heterocycles. The van der Waals surface area contributed by atoms with Crippen molar-refractivity contribution < 1.29 is 8.83 Å². The molecule has 0 saturated carbocycles. The molecule has 61 heavy (non-hydrogen) atoms. The summed E-state index contributed by atoms with van der Waals surface area (Å²) >= 11 is 0. The molecule has 10 aromatic carbocycles. The van der Waals surface area contributed by atoms with Crippen molar-refractivity contribution in [3.05, 3.63) is 224 Å². The molecular formula is C58H37NO2. The summed E-state index contributed by atoms with van der Waals surface area (Å²) in [7, 11) is 0. The Hall–Kier alpha value is -8.14. The van der Waals surface area contributed by atoms with Gasteiger partial charge in [-0.15, -0.1) is 0 Å². The molecule has 12 aromatic rings. The minimum atomic E-state index is 0.885. The standard InChI is InChI=1S/C58H37NO2/c1-3-14-40(15-4-1)47-23-12-28-52-53-37-42(32-35-55(53)60-56(47)52)38-30-33-44(34-31-38)59(54-29-10-19-39-18-7-8-22-46(39)54)45-21-9-20-43(36-45)49-25-13-27-51-50-26-11-24-48(57(50)61-58(49)51)41-16-5-2-6-17-41/h1-37H. The van der Waals surface area contributed by atoms with E-state index in [1.54, 1.807) is 0 Å². The van der Waals surface area contributed by atoms with Gasteiger partial charge in [-0.25, -0.2) is 0 Å². The van der Waals surface area contributed by atoms with Crippen molar-refractivity contribution in [3.63, 3.8) is 0 Å². The maximum atomic E-state index is 6.86. The van der Waals surface area contributed by atoms with Gasteiger partial charge >= 0.3 is 0 Å². The van der Waals surface area contributed by atoms with Crippen LogP contribution in [0.3, 0.4) is 0 Å². The molecule has 12 rings (SSSR count). The third kappa shape index (κ3) is 5.90. The van der Waals surface area contributed by atoms with Crippen molar-refractivity contribution in [3.8, 4) is 44.5 Å². The number of hydrogen-bond acceptors (Lipinski definition) is 3. The predicted octanol–water partition coefficient (Wildman–Crippen LogP) is 16.8. The smallest absolute Gasteiger partial charge is 0.143 e. The van der Waals surface area contributed by atoms with Crippen LogP contribution in [0.25, 0.3) is 99.2 Å². The molecular weight excluding hydrogens is 743 g/mol. The Morgan fingerprint density at radius 1 is 0.279 bits per heavy atom. The largest absolute Gasteiger partial charge is 0.455 e. The number of furan rings is 2. The Kier molecular flexibility index (Phi) is 8.17. The fourth-order valence-corrected chi connectivity index (χ4v) is 9.16. The zero-order chi connectivity index (χ0) is 40.3. The maximum absolute atomic E-state index is 6.86. The Morgan fingerprint density at radius 2 is 0.787 bits per heavy atom. The van der Waals surface area contributed by atoms with Crippen LogP contribution < -0.4 is 4.90 Å². The Balaban J connectivity index is 0.968. The molecule has 2 heterocycles. The molecule has 3 nitrogen and oxygen atoms in total. The third-order valence-corrected chi connectivity index (χ3v) is 12.1. The van der Waals surface area contributed by atoms with Crippen LogP contribution in [0.5, 0.6) is 0 Å². The Morgan fingerprint density at radius 3 is 1.48 bits per heavy atom. The minimum absolute atomic E-state index is 0.885. The van der Waals surface area contributed by atoms with Crippen molar-refractivity contribution in [2.24, 2.45) is 0 Å². The van der Waals surface area contributed by atoms with Gasteiger partial charge in [-0.05, 0) is 75.7 Å². The number of fused-ring (bicyclic) bond motifs is 7. The summed E-state index contributed by atoms with van der Waals surface area (Å²) in [5, 5.41) is 6.82. The first kappa shape index (κ1) is 34.9. The van der Waals surface area contributed by atoms with E-state index in [2.05, 4.69) is 217 Å². The summed E-state index contributed by atoms with van der Waals surface area (Å²) in [6, 6.07) is 79.7. The van der Waals surface area contributed by atoms with Gasteiger partial charge in [-0.2, -0.15) is 0 Å². The fraction of sp³-hybridized carbons (Fsp3) is 0. The number of hydrogen-bond donors (Lipinski definition) is 0. The van der Waals surface area contributed by atoms with E-state index in [9.17, 15) is 0 Å². The monoisotopic (exact) mass is 779 g/mol. The van der Waals surface area contributed by atoms with Crippen LogP contribution in [0.2, 0.25) is 0 Å². The number of nitrogens with zero attached hydrogens (tertiary/aromatic N) is 1. The molecule has 286 valence electrons. The molecule has 0 N–H and O–H groups in total. The molecule has 0 aliphatic carbocycles. The average molecular weight is 780 g/mol. The quantitative estimate of drug-likeness (QED) is 0.161. The molecule has 0 atom stereocenters. The Bertz CT molecular complexity index is 3580. The molecule has 0 aliphatic heterocycles. The predicted molar refractivity (Wildman–Crippen MR) is 255 cm³/mol. The summed E-state index contributed by atoms with van der Waals surface area (Å²) in [5.74, 6) is 0. The number of benzene rings is 10. The second-order valence-electron chi connectivity index (χ2n) is 15.6. The van der Waals surface area contributed by atoms with E-state index in [0.29, 0.717) is 0 Å². The highest BCUT2D eigenvalue weighted by molar-refractivity contribution is 6.13. The van der Waals surface area contributed by atoms with Gasteiger partial charge in [0.25, 0.3) is 0 Å². The van der Waals surface area contributed by atoms with Crippen LogP contribution in [-0.2, 0) is 0 Å². The molecule has 0 fully saturated rings. The summed E-state index contributed by atoms with van der Waals surface area (Å²) in [4.78, 5) is 2.37. The molecule has 3 heteroatoms. The van der Waals surface area contributed by atoms with Crippen molar-refractivity contribution in [2.75, 3.05) is 4.90 Å². The highest BCUT2D eigenvalue weighted by Crippen LogP contribution is 2.44. The van der Waals surface area contributed by atoms with E-state index >= 15 is 0 Å². The normalized spacial score (nSPS) is 11.6. The highest BCUT2D eigenvalue weighted by Gasteiger charge is 2.20. The summed E-state index contributed by atoms with van der Waals surface area (Å²) in [5.41, 5.74) is 15.7. The van der Waals surface area contributed by atoms with Crippen molar-refractivity contribution >= 4 is 71.7 Å². The van der Waals surface area contributed by atoms with Crippen molar-refractivity contribution in [1.29, 1.82) is 0 Å². The minimum Gasteiger partial charge on any atom is -0.455 e. The van der Waals surface area contributed by atoms with Crippen LogP contribution in [0.15, 0.2) is 233 Å². The van der Waals surface area contributed by atoms with Gasteiger partial charge in [-0.3, -0.25) is 0 Å². The molecule has 0 amide bonds. The SMILES string of the molecule is c1ccc(-c2cccc3c2oc2ccc(-c4ccc(N(c5cccc(-c6cccc7c6oc6c(-c8ccccc8)cccc67)c5)c5cccc6ccccc56)cc4)cc23)cc1. The van der Waals surface area contributed by atoms with Gasteiger partial charge in [0.1, 0.15) is 22.3 Å². The highest BCUT2D eigenvalue weighted by atomic mass is 16.3. The van der Waals surface area contributed by atoms with Gasteiger partial charge in [0.05, 0.1) is 5.69 Å². The lowest BCUT2D eigenvalue weighted by Crippen LogP contribution is -2.10. The van der Waals surface area contributed by atoms with Crippen molar-refractivity contribution in [2.45, 2.75) is 0 Å². The molecule has 0 radical (unpaired) electrons. The summed E-state index contributed by atoms with van der Waals surface area (Å²) in [6.45, 7) is 0. The first-order valence-electron chi connectivity index (χ1n) is 20.7. The average Bonchev–Trinajstić information content (AvgIpc) is 3.91. The van der Waals surface area contributed by atoms with E-state index < -0.39 is 0 Å². The van der Waals surface area contributed by atoms with Gasteiger partial charge in [-0.1, -0.05) is 182 Å². The zero-order valence-electron chi connectivity index (χ0n) is 33.1. The fourth-order valence-electron chi connectivity index (χ4n) is 9.16. The molecule has 2 aromatic heterocycles. The first-order chi connectivity index (χ1) is 30.2. The zero-order valence-corrected chi connectivity index (χ0v) is 33.1. The van der Waals surface area contributed by atoms with Gasteiger partial charge in [0.15, 0.2) is 0 Å². The van der Waals surface area contributed by atoms with Crippen LogP contribution in [-0.4, -0.2) is 0 Å². The first-order valence-corrected chi connectivity index (χ1v) is 20.7. The van der Waals surface area contributed by atoms with E-state index in [-0.39, 0.29) is 0 Å². The van der Waals surface area contributed by atoms with Crippen LogP contribution >= 0.6 is 0 Å². The van der Waals surface area contributed by atoms with E-state index in [1.807, 2.05) is 12.1 Å². The lowest BCUT2D eigenvalue weighted by molar-refractivity contribution is 0.670. The number of anilines is 3. The van der Waals surface area contributed by atoms with Crippen LogP contribution in [0, 0.1) is 0 Å². The van der Waals surface area contributed by atoms with Crippen LogP contribution in [0.4, 0.5) is 17.1 Å². The third-order valence-electron chi connectivity index (χ3n) is 12.1. The number of rotatable bonds is 7.